The van der Waals surface area contributed by atoms with Crippen molar-refractivity contribution in [3.63, 3.8) is 0 Å². The molecule has 7 nitrogen and oxygen atoms in total. The molecule has 0 aliphatic rings. The third-order valence-electron chi connectivity index (χ3n) is 2.47. The molecule has 0 unspecified atom stereocenters. The van der Waals surface area contributed by atoms with E-state index >= 15 is 0 Å². The van der Waals surface area contributed by atoms with Gasteiger partial charge < -0.3 is 9.73 Å². The molecule has 0 spiro atoms. The highest BCUT2D eigenvalue weighted by molar-refractivity contribution is 6.01. The number of benzene rings is 1. The summed E-state index contributed by atoms with van der Waals surface area (Å²) >= 11 is 0. The molecular formula is C12H9N5O2. The number of aromatic amines is 1. The minimum Gasteiger partial charge on any atom is -0.444 e. The summed E-state index contributed by atoms with van der Waals surface area (Å²) in [6, 6.07) is 7.24. The van der Waals surface area contributed by atoms with Crippen molar-refractivity contribution in [2.75, 3.05) is 5.32 Å². The van der Waals surface area contributed by atoms with Gasteiger partial charge in [0.05, 0.1) is 6.20 Å². The Balaban J connectivity index is 1.82. The number of aromatic nitrogens is 4. The molecule has 2 heterocycles. The van der Waals surface area contributed by atoms with Crippen molar-refractivity contribution in [3.05, 3.63) is 49.0 Å². The fourth-order valence-electron chi connectivity index (χ4n) is 1.61. The van der Waals surface area contributed by atoms with Crippen molar-refractivity contribution in [1.82, 2.24) is 20.2 Å². The van der Waals surface area contributed by atoms with E-state index in [9.17, 15) is 4.79 Å². The molecule has 0 saturated carbocycles. The summed E-state index contributed by atoms with van der Waals surface area (Å²) in [5, 5.41) is 8.83. The highest BCUT2D eigenvalue weighted by atomic mass is 16.3. The van der Waals surface area contributed by atoms with Gasteiger partial charge in [-0.1, -0.05) is 12.1 Å². The molecule has 0 bridgehead atoms. The monoisotopic (exact) mass is 255 g/mol. The van der Waals surface area contributed by atoms with Crippen LogP contribution in [-0.2, 0) is 0 Å². The van der Waals surface area contributed by atoms with Gasteiger partial charge in [-0.25, -0.2) is 9.97 Å². The van der Waals surface area contributed by atoms with E-state index in [0.29, 0.717) is 11.4 Å². The fourth-order valence-corrected chi connectivity index (χ4v) is 1.61. The van der Waals surface area contributed by atoms with E-state index in [4.69, 9.17) is 4.42 Å². The summed E-state index contributed by atoms with van der Waals surface area (Å²) in [4.78, 5) is 19.4. The van der Waals surface area contributed by atoms with Crippen molar-refractivity contribution in [2.24, 2.45) is 0 Å². The number of amides is 1. The minimum absolute atomic E-state index is 0.157. The zero-order valence-corrected chi connectivity index (χ0v) is 9.70. The van der Waals surface area contributed by atoms with E-state index in [-0.39, 0.29) is 11.7 Å². The SMILES string of the molecule is O=C(Nc1cccc(-c2cnco2)c1)c1ncn[nH]1. The maximum absolute atomic E-state index is 11.8. The second-order valence-electron chi connectivity index (χ2n) is 3.73. The van der Waals surface area contributed by atoms with Gasteiger partial charge in [0.2, 0.25) is 5.82 Å². The Morgan fingerprint density at radius 3 is 3.05 bits per heavy atom. The van der Waals surface area contributed by atoms with E-state index in [1.807, 2.05) is 12.1 Å². The Morgan fingerprint density at radius 2 is 2.32 bits per heavy atom. The third-order valence-corrected chi connectivity index (χ3v) is 2.47. The van der Waals surface area contributed by atoms with E-state index < -0.39 is 0 Å². The number of oxazole rings is 1. The van der Waals surface area contributed by atoms with Crippen LogP contribution in [0, 0.1) is 0 Å². The first-order valence-electron chi connectivity index (χ1n) is 5.48. The van der Waals surface area contributed by atoms with Crippen LogP contribution in [0.5, 0.6) is 0 Å². The zero-order valence-electron chi connectivity index (χ0n) is 9.70. The molecule has 1 aromatic carbocycles. The second-order valence-corrected chi connectivity index (χ2v) is 3.73. The Hall–Kier alpha value is -2.96. The normalized spacial score (nSPS) is 10.3. The topological polar surface area (TPSA) is 96.7 Å². The van der Waals surface area contributed by atoms with Crippen LogP contribution in [0.15, 0.2) is 47.6 Å². The van der Waals surface area contributed by atoms with E-state index in [1.54, 1.807) is 18.3 Å². The van der Waals surface area contributed by atoms with Gasteiger partial charge in [-0.2, -0.15) is 5.10 Å². The predicted octanol–water partition coefficient (Wildman–Crippen LogP) is 1.71. The van der Waals surface area contributed by atoms with Gasteiger partial charge in [0.1, 0.15) is 6.33 Å². The summed E-state index contributed by atoms with van der Waals surface area (Å²) in [5.41, 5.74) is 1.46. The van der Waals surface area contributed by atoms with Crippen LogP contribution >= 0.6 is 0 Å². The lowest BCUT2D eigenvalue weighted by molar-refractivity contribution is 0.101. The summed E-state index contributed by atoms with van der Waals surface area (Å²) in [5.74, 6) is 0.438. The molecule has 1 amide bonds. The molecule has 3 rings (SSSR count). The lowest BCUT2D eigenvalue weighted by atomic mass is 10.1. The highest BCUT2D eigenvalue weighted by Crippen LogP contribution is 2.22. The average Bonchev–Trinajstić information content (AvgIpc) is 3.13. The van der Waals surface area contributed by atoms with Gasteiger partial charge in [-0.15, -0.1) is 0 Å². The largest absolute Gasteiger partial charge is 0.444 e. The molecule has 19 heavy (non-hydrogen) atoms. The van der Waals surface area contributed by atoms with Crippen molar-refractivity contribution >= 4 is 11.6 Å². The number of hydrogen-bond acceptors (Lipinski definition) is 5. The Morgan fingerprint density at radius 1 is 1.37 bits per heavy atom. The maximum atomic E-state index is 11.8. The quantitative estimate of drug-likeness (QED) is 0.742. The molecule has 2 aromatic heterocycles. The third kappa shape index (κ3) is 2.34. The summed E-state index contributed by atoms with van der Waals surface area (Å²) < 4.78 is 5.20. The summed E-state index contributed by atoms with van der Waals surface area (Å²) in [7, 11) is 0. The fraction of sp³-hybridized carbons (Fsp3) is 0. The second kappa shape index (κ2) is 4.73. The molecule has 0 atom stereocenters. The number of H-pyrrole nitrogens is 1. The number of rotatable bonds is 3. The Bertz CT molecular complexity index is 676. The van der Waals surface area contributed by atoms with E-state index in [2.05, 4.69) is 25.5 Å². The molecule has 0 saturated heterocycles. The standard InChI is InChI=1S/C12H9N5O2/c18-12(11-14-6-15-17-11)16-9-3-1-2-8(4-9)10-5-13-7-19-10/h1-7H,(H,16,18)(H,14,15,17). The van der Waals surface area contributed by atoms with Crippen molar-refractivity contribution < 1.29 is 9.21 Å². The number of carbonyl (C=O) groups is 1. The molecule has 0 radical (unpaired) electrons. The maximum Gasteiger partial charge on any atom is 0.292 e. The van der Waals surface area contributed by atoms with Gasteiger partial charge in [0.25, 0.3) is 5.91 Å². The number of carbonyl (C=O) groups excluding carboxylic acids is 1. The molecule has 3 aromatic rings. The highest BCUT2D eigenvalue weighted by Gasteiger charge is 2.09. The van der Waals surface area contributed by atoms with Gasteiger partial charge in [0, 0.05) is 11.3 Å². The molecular weight excluding hydrogens is 246 g/mol. The molecule has 0 aliphatic heterocycles. The lowest BCUT2D eigenvalue weighted by Crippen LogP contribution is -2.13. The van der Waals surface area contributed by atoms with Crippen molar-refractivity contribution in [3.8, 4) is 11.3 Å². The van der Waals surface area contributed by atoms with Crippen LogP contribution in [0.2, 0.25) is 0 Å². The number of hydrogen-bond donors (Lipinski definition) is 2. The van der Waals surface area contributed by atoms with Gasteiger partial charge >= 0.3 is 0 Å². The van der Waals surface area contributed by atoms with Gasteiger partial charge in [-0.05, 0) is 12.1 Å². The molecule has 94 valence electrons. The predicted molar refractivity (Wildman–Crippen MR) is 66.3 cm³/mol. The number of nitrogens with one attached hydrogen (secondary N) is 2. The van der Waals surface area contributed by atoms with Crippen molar-refractivity contribution in [2.45, 2.75) is 0 Å². The first-order valence-corrected chi connectivity index (χ1v) is 5.48. The van der Waals surface area contributed by atoms with Crippen LogP contribution in [0.25, 0.3) is 11.3 Å². The van der Waals surface area contributed by atoms with Gasteiger partial charge in [0.15, 0.2) is 12.2 Å². The van der Waals surface area contributed by atoms with Crippen LogP contribution < -0.4 is 5.32 Å². The van der Waals surface area contributed by atoms with Crippen LogP contribution in [0.1, 0.15) is 10.6 Å². The van der Waals surface area contributed by atoms with E-state index in [0.717, 1.165) is 5.56 Å². The smallest absolute Gasteiger partial charge is 0.292 e. The zero-order chi connectivity index (χ0) is 13.1. The summed E-state index contributed by atoms with van der Waals surface area (Å²) in [6.45, 7) is 0. The first kappa shape index (κ1) is 11.1. The van der Waals surface area contributed by atoms with Crippen molar-refractivity contribution in [1.29, 1.82) is 0 Å². The molecule has 0 fully saturated rings. The number of nitrogens with zero attached hydrogens (tertiary/aromatic N) is 3. The number of anilines is 1. The minimum atomic E-state index is -0.354. The van der Waals surface area contributed by atoms with Crippen LogP contribution in [-0.4, -0.2) is 26.1 Å². The van der Waals surface area contributed by atoms with Gasteiger partial charge in [-0.3, -0.25) is 9.89 Å². The lowest BCUT2D eigenvalue weighted by Gasteiger charge is -2.04. The first-order chi connectivity index (χ1) is 9.33. The molecule has 0 aliphatic carbocycles. The van der Waals surface area contributed by atoms with Crippen LogP contribution in [0.3, 0.4) is 0 Å². The Labute approximate surface area is 107 Å². The Kier molecular flexibility index (Phi) is 2.77. The van der Waals surface area contributed by atoms with Crippen LogP contribution in [0.4, 0.5) is 5.69 Å². The summed E-state index contributed by atoms with van der Waals surface area (Å²) in [6.07, 6.45) is 4.24. The van der Waals surface area contributed by atoms with E-state index in [1.165, 1.54) is 12.7 Å². The molecule has 2 N–H and O–H groups in total. The average molecular weight is 255 g/mol. The molecule has 7 heteroatoms.